The standard InChI is InChI=1S/C18H27NO3/c1-2-3-4-5-6-7-8-17(20)13-14-19-16-11-9-15(10-12-16)18(21)22/h9-12,19H,2-8,13-14H2,1H3,(H,21,22). The molecular formula is C18H27NO3. The number of rotatable bonds is 12. The van der Waals surface area contributed by atoms with Crippen LogP contribution < -0.4 is 5.32 Å². The Morgan fingerprint density at radius 1 is 0.955 bits per heavy atom. The van der Waals surface area contributed by atoms with Gasteiger partial charge >= 0.3 is 5.97 Å². The van der Waals surface area contributed by atoms with Crippen molar-refractivity contribution in [2.45, 2.75) is 58.3 Å². The number of carbonyl (C=O) groups is 2. The van der Waals surface area contributed by atoms with E-state index in [4.69, 9.17) is 5.11 Å². The largest absolute Gasteiger partial charge is 0.478 e. The summed E-state index contributed by atoms with van der Waals surface area (Å²) in [5, 5.41) is 12.0. The molecule has 22 heavy (non-hydrogen) atoms. The van der Waals surface area contributed by atoms with Gasteiger partial charge in [0, 0.05) is 25.1 Å². The van der Waals surface area contributed by atoms with Crippen LogP contribution in [0.15, 0.2) is 24.3 Å². The minimum atomic E-state index is -0.930. The Bertz CT molecular complexity index is 454. The van der Waals surface area contributed by atoms with Gasteiger partial charge in [-0.3, -0.25) is 4.79 Å². The highest BCUT2D eigenvalue weighted by atomic mass is 16.4. The van der Waals surface area contributed by atoms with Crippen LogP contribution in [0.5, 0.6) is 0 Å². The summed E-state index contributed by atoms with van der Waals surface area (Å²) in [7, 11) is 0. The number of carboxylic acids is 1. The Hall–Kier alpha value is -1.84. The molecule has 0 aromatic heterocycles. The van der Waals surface area contributed by atoms with E-state index in [2.05, 4.69) is 12.2 Å². The minimum Gasteiger partial charge on any atom is -0.478 e. The third kappa shape index (κ3) is 7.81. The maximum Gasteiger partial charge on any atom is 0.335 e. The number of hydrogen-bond donors (Lipinski definition) is 2. The first kappa shape index (κ1) is 18.2. The van der Waals surface area contributed by atoms with E-state index in [9.17, 15) is 9.59 Å². The van der Waals surface area contributed by atoms with Gasteiger partial charge in [-0.05, 0) is 30.7 Å². The number of nitrogens with one attached hydrogen (secondary N) is 1. The highest BCUT2D eigenvalue weighted by molar-refractivity contribution is 5.88. The number of hydrogen-bond acceptors (Lipinski definition) is 3. The van der Waals surface area contributed by atoms with E-state index in [0.717, 1.165) is 18.5 Å². The SMILES string of the molecule is CCCCCCCCC(=O)CCNc1ccc(C(=O)O)cc1. The number of ketones is 1. The normalized spacial score (nSPS) is 10.4. The molecule has 0 saturated carbocycles. The molecule has 0 fully saturated rings. The summed E-state index contributed by atoms with van der Waals surface area (Å²) >= 11 is 0. The molecule has 0 atom stereocenters. The van der Waals surface area contributed by atoms with Gasteiger partial charge in [-0.1, -0.05) is 39.0 Å². The molecule has 0 aliphatic rings. The van der Waals surface area contributed by atoms with E-state index in [1.54, 1.807) is 24.3 Å². The Labute approximate surface area is 132 Å². The van der Waals surface area contributed by atoms with Crippen molar-refractivity contribution >= 4 is 17.4 Å². The molecule has 0 aliphatic heterocycles. The predicted octanol–water partition coefficient (Wildman–Crippen LogP) is 4.51. The molecule has 2 N–H and O–H groups in total. The third-order valence-corrected chi connectivity index (χ3v) is 3.67. The monoisotopic (exact) mass is 305 g/mol. The van der Waals surface area contributed by atoms with Gasteiger partial charge in [-0.15, -0.1) is 0 Å². The molecule has 1 aromatic rings. The van der Waals surface area contributed by atoms with Crippen LogP contribution in [0.2, 0.25) is 0 Å². The average molecular weight is 305 g/mol. The molecule has 4 nitrogen and oxygen atoms in total. The summed E-state index contributed by atoms with van der Waals surface area (Å²) in [6, 6.07) is 6.56. The number of benzene rings is 1. The highest BCUT2D eigenvalue weighted by Gasteiger charge is 2.03. The first-order chi connectivity index (χ1) is 10.6. The van der Waals surface area contributed by atoms with Crippen molar-refractivity contribution in [2.24, 2.45) is 0 Å². The quantitative estimate of drug-likeness (QED) is 0.558. The fourth-order valence-corrected chi connectivity index (χ4v) is 2.30. The van der Waals surface area contributed by atoms with E-state index in [1.807, 2.05) is 0 Å². The van der Waals surface area contributed by atoms with Crippen molar-refractivity contribution in [3.8, 4) is 0 Å². The average Bonchev–Trinajstić information content (AvgIpc) is 2.51. The lowest BCUT2D eigenvalue weighted by molar-refractivity contribution is -0.118. The van der Waals surface area contributed by atoms with Crippen molar-refractivity contribution in [1.29, 1.82) is 0 Å². The molecule has 0 unspecified atom stereocenters. The topological polar surface area (TPSA) is 66.4 Å². The maximum absolute atomic E-state index is 11.7. The molecule has 122 valence electrons. The number of unbranched alkanes of at least 4 members (excludes halogenated alkanes) is 5. The van der Waals surface area contributed by atoms with Gasteiger partial charge in [0.15, 0.2) is 0 Å². The second kappa shape index (κ2) is 10.8. The zero-order valence-electron chi connectivity index (χ0n) is 13.4. The summed E-state index contributed by atoms with van der Waals surface area (Å²) in [4.78, 5) is 22.5. The molecule has 0 spiro atoms. The Kier molecular flexibility index (Phi) is 8.96. The van der Waals surface area contributed by atoms with Crippen LogP contribution in [0.25, 0.3) is 0 Å². The van der Waals surface area contributed by atoms with Gasteiger partial charge < -0.3 is 10.4 Å². The highest BCUT2D eigenvalue weighted by Crippen LogP contribution is 2.11. The van der Waals surface area contributed by atoms with Crippen molar-refractivity contribution in [3.05, 3.63) is 29.8 Å². The zero-order chi connectivity index (χ0) is 16.2. The van der Waals surface area contributed by atoms with E-state index in [1.165, 1.54) is 25.7 Å². The van der Waals surface area contributed by atoms with Crippen LogP contribution in [-0.2, 0) is 4.79 Å². The predicted molar refractivity (Wildman–Crippen MR) is 89.5 cm³/mol. The van der Waals surface area contributed by atoms with E-state index >= 15 is 0 Å². The summed E-state index contributed by atoms with van der Waals surface area (Å²) in [5.41, 5.74) is 1.11. The molecule has 4 heteroatoms. The lowest BCUT2D eigenvalue weighted by Gasteiger charge is -2.06. The maximum atomic E-state index is 11.7. The van der Waals surface area contributed by atoms with Gasteiger partial charge in [0.1, 0.15) is 5.78 Å². The molecular weight excluding hydrogens is 278 g/mol. The van der Waals surface area contributed by atoms with E-state index < -0.39 is 5.97 Å². The number of carbonyl (C=O) groups excluding carboxylic acids is 1. The van der Waals surface area contributed by atoms with Gasteiger partial charge in [-0.2, -0.15) is 0 Å². The smallest absolute Gasteiger partial charge is 0.335 e. The molecule has 0 radical (unpaired) electrons. The zero-order valence-corrected chi connectivity index (χ0v) is 13.4. The number of aromatic carboxylic acids is 1. The molecule has 0 aliphatic carbocycles. The molecule has 1 rings (SSSR count). The van der Waals surface area contributed by atoms with Crippen molar-refractivity contribution in [2.75, 3.05) is 11.9 Å². The molecule has 1 aromatic carbocycles. The summed E-state index contributed by atoms with van der Waals surface area (Å²) < 4.78 is 0. The van der Waals surface area contributed by atoms with Crippen LogP contribution in [0.1, 0.15) is 68.6 Å². The fourth-order valence-electron chi connectivity index (χ4n) is 2.30. The molecule has 0 saturated heterocycles. The first-order valence-corrected chi connectivity index (χ1v) is 8.22. The van der Waals surface area contributed by atoms with Gasteiger partial charge in [0.2, 0.25) is 0 Å². The molecule has 0 heterocycles. The minimum absolute atomic E-state index is 0.268. The number of Topliss-reactive ketones (excluding diaryl/α,β-unsaturated/α-hetero) is 1. The molecule has 0 bridgehead atoms. The van der Waals surface area contributed by atoms with E-state index in [0.29, 0.717) is 25.2 Å². The third-order valence-electron chi connectivity index (χ3n) is 3.67. The Balaban J connectivity index is 2.10. The lowest BCUT2D eigenvalue weighted by Crippen LogP contribution is -2.08. The summed E-state index contributed by atoms with van der Waals surface area (Å²) in [6.07, 6.45) is 8.39. The van der Waals surface area contributed by atoms with Crippen molar-refractivity contribution in [3.63, 3.8) is 0 Å². The Morgan fingerprint density at radius 3 is 2.23 bits per heavy atom. The Morgan fingerprint density at radius 2 is 1.59 bits per heavy atom. The second-order valence-electron chi connectivity index (χ2n) is 5.62. The first-order valence-electron chi connectivity index (χ1n) is 8.22. The van der Waals surface area contributed by atoms with Crippen LogP contribution >= 0.6 is 0 Å². The van der Waals surface area contributed by atoms with Gasteiger partial charge in [0.05, 0.1) is 5.56 Å². The fraction of sp³-hybridized carbons (Fsp3) is 0.556. The second-order valence-corrected chi connectivity index (χ2v) is 5.62. The van der Waals surface area contributed by atoms with Crippen LogP contribution in [-0.4, -0.2) is 23.4 Å². The van der Waals surface area contributed by atoms with E-state index in [-0.39, 0.29) is 5.56 Å². The lowest BCUT2D eigenvalue weighted by atomic mass is 10.1. The van der Waals surface area contributed by atoms with Crippen LogP contribution in [0.3, 0.4) is 0 Å². The summed E-state index contributed by atoms with van der Waals surface area (Å²) in [5.74, 6) is -0.634. The van der Waals surface area contributed by atoms with Crippen LogP contribution in [0.4, 0.5) is 5.69 Å². The van der Waals surface area contributed by atoms with Crippen LogP contribution in [0, 0.1) is 0 Å². The van der Waals surface area contributed by atoms with Gasteiger partial charge in [0.25, 0.3) is 0 Å². The van der Waals surface area contributed by atoms with Crippen molar-refractivity contribution < 1.29 is 14.7 Å². The van der Waals surface area contributed by atoms with Gasteiger partial charge in [-0.25, -0.2) is 4.79 Å². The number of anilines is 1. The number of carboxylic acid groups (broad SMARTS) is 1. The molecule has 0 amide bonds. The summed E-state index contributed by atoms with van der Waals surface area (Å²) in [6.45, 7) is 2.80. The van der Waals surface area contributed by atoms with Crippen molar-refractivity contribution in [1.82, 2.24) is 0 Å².